The number of hydrogen-bond acceptors (Lipinski definition) is 1. The van der Waals surface area contributed by atoms with E-state index in [1.807, 2.05) is 25.1 Å². The number of para-hydroxylation sites is 1. The summed E-state index contributed by atoms with van der Waals surface area (Å²) >= 11 is 0. The minimum absolute atomic E-state index is 0.297. The molecule has 1 aromatic rings. The van der Waals surface area contributed by atoms with Crippen molar-refractivity contribution in [1.29, 1.82) is 0 Å². The highest BCUT2D eigenvalue weighted by Crippen LogP contribution is 2.34. The fourth-order valence-electron chi connectivity index (χ4n) is 2.21. The summed E-state index contributed by atoms with van der Waals surface area (Å²) in [4.78, 5) is 0. The number of aromatic hydroxyl groups is 1. The van der Waals surface area contributed by atoms with Crippen molar-refractivity contribution in [3.63, 3.8) is 0 Å². The first kappa shape index (κ1) is 13.1. The highest BCUT2D eigenvalue weighted by atomic mass is 16.3. The van der Waals surface area contributed by atoms with E-state index in [0.717, 1.165) is 24.0 Å². The van der Waals surface area contributed by atoms with Crippen molar-refractivity contribution in [2.75, 3.05) is 0 Å². The highest BCUT2D eigenvalue weighted by molar-refractivity contribution is 5.39. The maximum Gasteiger partial charge on any atom is 0.121 e. The molecule has 0 aliphatic heterocycles. The lowest BCUT2D eigenvalue weighted by Gasteiger charge is -2.30. The van der Waals surface area contributed by atoms with Gasteiger partial charge >= 0.3 is 0 Å². The van der Waals surface area contributed by atoms with E-state index in [1.54, 1.807) is 0 Å². The van der Waals surface area contributed by atoms with Crippen LogP contribution in [0.4, 0.5) is 0 Å². The van der Waals surface area contributed by atoms with Gasteiger partial charge in [-0.25, -0.2) is 0 Å². The van der Waals surface area contributed by atoms with Gasteiger partial charge in [-0.2, -0.15) is 0 Å². The standard InChI is InChI=1S/C15H24O/c1-6-13(15(3,4)5)10-12-9-7-8-11(2)14(12)16/h7-9,13,16H,6,10H2,1-5H3. The molecule has 1 heteroatoms. The van der Waals surface area contributed by atoms with E-state index in [2.05, 4.69) is 27.7 Å². The molecule has 1 N–H and O–H groups in total. The lowest BCUT2D eigenvalue weighted by atomic mass is 9.75. The Morgan fingerprint density at radius 2 is 1.88 bits per heavy atom. The molecule has 90 valence electrons. The van der Waals surface area contributed by atoms with Crippen molar-refractivity contribution in [3.05, 3.63) is 29.3 Å². The molecule has 1 unspecified atom stereocenters. The zero-order valence-electron chi connectivity index (χ0n) is 11.2. The molecule has 1 aromatic carbocycles. The summed E-state index contributed by atoms with van der Waals surface area (Å²) < 4.78 is 0. The van der Waals surface area contributed by atoms with E-state index in [1.165, 1.54) is 0 Å². The molecule has 1 rings (SSSR count). The minimum atomic E-state index is 0.297. The van der Waals surface area contributed by atoms with E-state index in [4.69, 9.17) is 0 Å². The Labute approximate surface area is 99.5 Å². The van der Waals surface area contributed by atoms with E-state index < -0.39 is 0 Å². The molecule has 0 amide bonds. The van der Waals surface area contributed by atoms with Gasteiger partial charge in [0, 0.05) is 0 Å². The Bertz CT molecular complexity index is 347. The molecular weight excluding hydrogens is 196 g/mol. The van der Waals surface area contributed by atoms with Crippen molar-refractivity contribution in [3.8, 4) is 5.75 Å². The third kappa shape index (κ3) is 3.01. The second-order valence-electron chi connectivity index (χ2n) is 5.76. The summed E-state index contributed by atoms with van der Waals surface area (Å²) in [7, 11) is 0. The molecular formula is C15H24O. The number of benzene rings is 1. The molecule has 0 heterocycles. The molecule has 0 saturated carbocycles. The number of aryl methyl sites for hydroxylation is 1. The monoisotopic (exact) mass is 220 g/mol. The topological polar surface area (TPSA) is 20.2 Å². The van der Waals surface area contributed by atoms with Crippen LogP contribution in [0.2, 0.25) is 0 Å². The van der Waals surface area contributed by atoms with Gasteiger partial charge in [-0.1, -0.05) is 52.3 Å². The Kier molecular flexibility index (Phi) is 4.01. The van der Waals surface area contributed by atoms with Gasteiger partial charge in [-0.3, -0.25) is 0 Å². The van der Waals surface area contributed by atoms with Gasteiger partial charge in [0.1, 0.15) is 5.75 Å². The predicted molar refractivity (Wildman–Crippen MR) is 69.8 cm³/mol. The zero-order valence-corrected chi connectivity index (χ0v) is 11.2. The second-order valence-corrected chi connectivity index (χ2v) is 5.76. The lowest BCUT2D eigenvalue weighted by Crippen LogP contribution is -2.22. The third-order valence-electron chi connectivity index (χ3n) is 3.51. The first-order valence-electron chi connectivity index (χ1n) is 6.13. The molecule has 0 bridgehead atoms. The van der Waals surface area contributed by atoms with Gasteiger partial charge in [0.05, 0.1) is 0 Å². The summed E-state index contributed by atoms with van der Waals surface area (Å²) in [6.45, 7) is 11.0. The van der Waals surface area contributed by atoms with Gasteiger partial charge in [-0.15, -0.1) is 0 Å². The van der Waals surface area contributed by atoms with E-state index >= 15 is 0 Å². The van der Waals surface area contributed by atoms with Gasteiger partial charge < -0.3 is 5.11 Å². The number of rotatable bonds is 3. The van der Waals surface area contributed by atoms with Crippen LogP contribution in [0.15, 0.2) is 18.2 Å². The Morgan fingerprint density at radius 1 is 1.25 bits per heavy atom. The SMILES string of the molecule is CCC(Cc1cccc(C)c1O)C(C)(C)C. The average Bonchev–Trinajstić information content (AvgIpc) is 2.18. The predicted octanol–water partition coefficient (Wildman–Crippen LogP) is 4.32. The Morgan fingerprint density at radius 3 is 2.38 bits per heavy atom. The van der Waals surface area contributed by atoms with E-state index in [0.29, 0.717) is 17.1 Å². The minimum Gasteiger partial charge on any atom is -0.507 e. The molecule has 0 saturated heterocycles. The molecule has 1 atom stereocenters. The van der Waals surface area contributed by atoms with Gasteiger partial charge in [-0.05, 0) is 35.8 Å². The van der Waals surface area contributed by atoms with Gasteiger partial charge in [0.15, 0.2) is 0 Å². The van der Waals surface area contributed by atoms with Gasteiger partial charge in [0.25, 0.3) is 0 Å². The fourth-order valence-corrected chi connectivity index (χ4v) is 2.21. The number of hydrogen-bond donors (Lipinski definition) is 1. The summed E-state index contributed by atoms with van der Waals surface area (Å²) in [5.74, 6) is 1.09. The van der Waals surface area contributed by atoms with Gasteiger partial charge in [0.2, 0.25) is 0 Å². The Hall–Kier alpha value is -0.980. The first-order chi connectivity index (χ1) is 7.36. The van der Waals surface area contributed by atoms with Crippen LogP contribution in [0.5, 0.6) is 5.75 Å². The smallest absolute Gasteiger partial charge is 0.121 e. The van der Waals surface area contributed by atoms with E-state index in [9.17, 15) is 5.11 Å². The van der Waals surface area contributed by atoms with Crippen LogP contribution in [-0.4, -0.2) is 5.11 Å². The zero-order chi connectivity index (χ0) is 12.3. The third-order valence-corrected chi connectivity index (χ3v) is 3.51. The van der Waals surface area contributed by atoms with Crippen molar-refractivity contribution in [1.82, 2.24) is 0 Å². The fraction of sp³-hybridized carbons (Fsp3) is 0.600. The number of phenols is 1. The van der Waals surface area contributed by atoms with Crippen molar-refractivity contribution in [2.24, 2.45) is 11.3 Å². The lowest BCUT2D eigenvalue weighted by molar-refractivity contribution is 0.230. The second kappa shape index (κ2) is 4.90. The molecule has 0 aliphatic rings. The molecule has 0 fully saturated rings. The maximum absolute atomic E-state index is 10.0. The highest BCUT2D eigenvalue weighted by Gasteiger charge is 2.24. The van der Waals surface area contributed by atoms with Crippen LogP contribution in [-0.2, 0) is 6.42 Å². The van der Waals surface area contributed by atoms with Crippen LogP contribution < -0.4 is 0 Å². The van der Waals surface area contributed by atoms with Crippen molar-refractivity contribution >= 4 is 0 Å². The Balaban J connectivity index is 2.91. The quantitative estimate of drug-likeness (QED) is 0.804. The van der Waals surface area contributed by atoms with E-state index in [-0.39, 0.29) is 0 Å². The normalized spacial score (nSPS) is 13.8. The molecule has 0 radical (unpaired) electrons. The summed E-state index contributed by atoms with van der Waals surface area (Å²) in [5.41, 5.74) is 2.35. The summed E-state index contributed by atoms with van der Waals surface area (Å²) in [6.07, 6.45) is 2.12. The number of phenolic OH excluding ortho intramolecular Hbond substituents is 1. The molecule has 0 aliphatic carbocycles. The largest absolute Gasteiger partial charge is 0.507 e. The molecule has 0 aromatic heterocycles. The van der Waals surface area contributed by atoms with Crippen LogP contribution in [0.3, 0.4) is 0 Å². The average molecular weight is 220 g/mol. The molecule has 0 spiro atoms. The first-order valence-corrected chi connectivity index (χ1v) is 6.13. The summed E-state index contributed by atoms with van der Waals surface area (Å²) in [6, 6.07) is 6.02. The molecule has 16 heavy (non-hydrogen) atoms. The van der Waals surface area contributed by atoms with Crippen molar-refractivity contribution < 1.29 is 5.11 Å². The van der Waals surface area contributed by atoms with Crippen LogP contribution in [0.1, 0.15) is 45.2 Å². The van der Waals surface area contributed by atoms with Crippen LogP contribution in [0, 0.1) is 18.3 Å². The summed E-state index contributed by atoms with van der Waals surface area (Å²) in [5, 5.41) is 10.0. The van der Waals surface area contributed by atoms with Crippen LogP contribution in [0.25, 0.3) is 0 Å². The molecule has 1 nitrogen and oxygen atoms in total. The van der Waals surface area contributed by atoms with Crippen LogP contribution >= 0.6 is 0 Å². The maximum atomic E-state index is 10.0. The van der Waals surface area contributed by atoms with Crippen molar-refractivity contribution in [2.45, 2.75) is 47.5 Å².